The molecule has 0 spiro atoms. The molecule has 1 amide bonds. The molecule has 1 aromatic carbocycles. The molecule has 110 valence electrons. The fraction of sp³-hybridized carbons (Fsp3) is 0.154. The summed E-state index contributed by atoms with van der Waals surface area (Å²) >= 11 is 1.14. The van der Waals surface area contributed by atoms with Crippen molar-refractivity contribution in [3.63, 3.8) is 0 Å². The van der Waals surface area contributed by atoms with Gasteiger partial charge in [0.1, 0.15) is 17.2 Å². The largest absolute Gasteiger partial charge is 0.476 e. The number of aromatic carboxylic acids is 1. The van der Waals surface area contributed by atoms with Crippen LogP contribution < -0.4 is 5.32 Å². The Labute approximate surface area is 122 Å². The second-order valence-corrected chi connectivity index (χ2v) is 4.98. The van der Waals surface area contributed by atoms with Gasteiger partial charge in [-0.15, -0.1) is 11.3 Å². The van der Waals surface area contributed by atoms with Gasteiger partial charge < -0.3 is 10.4 Å². The third-order valence-corrected chi connectivity index (χ3v) is 3.49. The van der Waals surface area contributed by atoms with Gasteiger partial charge in [0, 0.05) is 18.3 Å². The van der Waals surface area contributed by atoms with E-state index in [0.717, 1.165) is 23.5 Å². The number of aromatic nitrogens is 1. The summed E-state index contributed by atoms with van der Waals surface area (Å²) in [4.78, 5) is 26.2. The molecule has 1 heterocycles. The van der Waals surface area contributed by atoms with Gasteiger partial charge in [0.2, 0.25) is 0 Å². The number of carbonyl (C=O) groups excluding carboxylic acids is 1. The fourth-order valence-electron chi connectivity index (χ4n) is 1.61. The number of carboxylic acid groups (broad SMARTS) is 1. The summed E-state index contributed by atoms with van der Waals surface area (Å²) in [6.45, 7) is 0.0964. The standard InChI is InChI=1S/C13H10F2N2O3S/c14-7-2-1-3-8(15)11(7)12(18)16-5-4-10-17-9(6-21-10)13(19)20/h1-3,6H,4-5H2,(H,16,18)(H,19,20). The molecule has 21 heavy (non-hydrogen) atoms. The number of halogens is 2. The van der Waals surface area contributed by atoms with E-state index in [0.29, 0.717) is 5.01 Å². The Kier molecular flexibility index (Phi) is 4.59. The van der Waals surface area contributed by atoms with Crippen molar-refractivity contribution in [2.45, 2.75) is 6.42 Å². The van der Waals surface area contributed by atoms with Crippen LogP contribution in [0.25, 0.3) is 0 Å². The zero-order chi connectivity index (χ0) is 15.4. The maximum absolute atomic E-state index is 13.4. The van der Waals surface area contributed by atoms with E-state index in [1.807, 2.05) is 0 Å². The highest BCUT2D eigenvalue weighted by Crippen LogP contribution is 2.12. The van der Waals surface area contributed by atoms with Crippen LogP contribution in [0.2, 0.25) is 0 Å². The molecule has 2 aromatic rings. The molecule has 1 aromatic heterocycles. The first-order valence-corrected chi connectivity index (χ1v) is 6.77. The third-order valence-electron chi connectivity index (χ3n) is 2.59. The third kappa shape index (κ3) is 3.60. The number of rotatable bonds is 5. The molecule has 0 bridgehead atoms. The number of nitrogens with one attached hydrogen (secondary N) is 1. The molecule has 0 saturated heterocycles. The minimum atomic E-state index is -1.13. The van der Waals surface area contributed by atoms with E-state index in [9.17, 15) is 18.4 Å². The van der Waals surface area contributed by atoms with Gasteiger partial charge in [-0.25, -0.2) is 18.6 Å². The van der Waals surface area contributed by atoms with Crippen molar-refractivity contribution < 1.29 is 23.5 Å². The number of hydrogen-bond acceptors (Lipinski definition) is 4. The summed E-state index contributed by atoms with van der Waals surface area (Å²) in [5.41, 5.74) is -0.704. The van der Waals surface area contributed by atoms with E-state index in [-0.39, 0.29) is 18.7 Å². The Morgan fingerprint density at radius 2 is 1.95 bits per heavy atom. The van der Waals surface area contributed by atoms with E-state index in [1.165, 1.54) is 11.4 Å². The number of nitrogens with zero attached hydrogens (tertiary/aromatic N) is 1. The zero-order valence-electron chi connectivity index (χ0n) is 10.6. The predicted octanol–water partition coefficient (Wildman–Crippen LogP) is 2.09. The summed E-state index contributed by atoms with van der Waals surface area (Å²) in [5.74, 6) is -3.86. The molecule has 0 atom stereocenters. The van der Waals surface area contributed by atoms with Crippen molar-refractivity contribution in [2.24, 2.45) is 0 Å². The molecule has 0 unspecified atom stereocenters. The van der Waals surface area contributed by atoms with Crippen LogP contribution in [0.1, 0.15) is 25.9 Å². The second kappa shape index (κ2) is 6.40. The average molecular weight is 312 g/mol. The summed E-state index contributed by atoms with van der Waals surface area (Å²) < 4.78 is 26.7. The van der Waals surface area contributed by atoms with E-state index >= 15 is 0 Å². The number of benzene rings is 1. The first-order chi connectivity index (χ1) is 9.99. The lowest BCUT2D eigenvalue weighted by atomic mass is 10.2. The van der Waals surface area contributed by atoms with Crippen molar-refractivity contribution in [1.82, 2.24) is 10.3 Å². The maximum Gasteiger partial charge on any atom is 0.355 e. The van der Waals surface area contributed by atoms with Crippen LogP contribution >= 0.6 is 11.3 Å². The molecule has 0 aliphatic carbocycles. The summed E-state index contributed by atoms with van der Waals surface area (Å²) in [5, 5.41) is 13.0. The molecule has 0 fully saturated rings. The fourth-order valence-corrected chi connectivity index (χ4v) is 2.38. The van der Waals surface area contributed by atoms with E-state index in [2.05, 4.69) is 10.3 Å². The lowest BCUT2D eigenvalue weighted by Gasteiger charge is -2.05. The van der Waals surface area contributed by atoms with E-state index in [4.69, 9.17) is 5.11 Å². The van der Waals surface area contributed by atoms with E-state index in [1.54, 1.807) is 0 Å². The van der Waals surface area contributed by atoms with Crippen LogP contribution in [0.3, 0.4) is 0 Å². The van der Waals surface area contributed by atoms with Crippen molar-refractivity contribution in [3.05, 3.63) is 51.5 Å². The van der Waals surface area contributed by atoms with Gasteiger partial charge >= 0.3 is 5.97 Å². The molecular formula is C13H10F2N2O3S. The number of amides is 1. The summed E-state index contributed by atoms with van der Waals surface area (Å²) in [7, 11) is 0. The first kappa shape index (κ1) is 15.0. The number of carbonyl (C=O) groups is 2. The molecule has 0 aliphatic heterocycles. The monoisotopic (exact) mass is 312 g/mol. The van der Waals surface area contributed by atoms with Crippen LogP contribution in [0.4, 0.5) is 8.78 Å². The Balaban J connectivity index is 1.94. The van der Waals surface area contributed by atoms with Gasteiger partial charge in [-0.3, -0.25) is 4.79 Å². The van der Waals surface area contributed by atoms with Crippen LogP contribution in [0.5, 0.6) is 0 Å². The number of hydrogen-bond donors (Lipinski definition) is 2. The highest BCUT2D eigenvalue weighted by Gasteiger charge is 2.16. The normalized spacial score (nSPS) is 10.4. The molecule has 8 heteroatoms. The minimum absolute atomic E-state index is 0.0681. The zero-order valence-corrected chi connectivity index (χ0v) is 11.4. The first-order valence-electron chi connectivity index (χ1n) is 5.89. The summed E-state index contributed by atoms with van der Waals surface area (Å²) in [6.07, 6.45) is 0.278. The molecule has 5 nitrogen and oxygen atoms in total. The molecular weight excluding hydrogens is 302 g/mol. The molecule has 0 aliphatic rings. The minimum Gasteiger partial charge on any atom is -0.476 e. The predicted molar refractivity (Wildman–Crippen MR) is 71.5 cm³/mol. The van der Waals surface area contributed by atoms with Crippen molar-refractivity contribution in [1.29, 1.82) is 0 Å². The van der Waals surface area contributed by atoms with Crippen molar-refractivity contribution in [2.75, 3.05) is 6.54 Å². The smallest absolute Gasteiger partial charge is 0.355 e. The lowest BCUT2D eigenvalue weighted by Crippen LogP contribution is -2.27. The van der Waals surface area contributed by atoms with Gasteiger partial charge in [0.15, 0.2) is 5.69 Å². The quantitative estimate of drug-likeness (QED) is 0.886. The topological polar surface area (TPSA) is 79.3 Å². The van der Waals surface area contributed by atoms with Crippen LogP contribution in [-0.4, -0.2) is 28.5 Å². The van der Waals surface area contributed by atoms with Gasteiger partial charge in [-0.1, -0.05) is 6.07 Å². The van der Waals surface area contributed by atoms with Gasteiger partial charge in [-0.05, 0) is 12.1 Å². The Hall–Kier alpha value is -2.35. The molecule has 2 N–H and O–H groups in total. The van der Waals surface area contributed by atoms with Crippen LogP contribution in [-0.2, 0) is 6.42 Å². The van der Waals surface area contributed by atoms with Gasteiger partial charge in [0.25, 0.3) is 5.91 Å². The lowest BCUT2D eigenvalue weighted by molar-refractivity contribution is 0.0690. The van der Waals surface area contributed by atoms with E-state index < -0.39 is 29.1 Å². The van der Waals surface area contributed by atoms with Gasteiger partial charge in [-0.2, -0.15) is 0 Å². The Morgan fingerprint density at radius 1 is 1.29 bits per heavy atom. The van der Waals surface area contributed by atoms with Crippen molar-refractivity contribution >= 4 is 23.2 Å². The molecule has 2 rings (SSSR count). The Morgan fingerprint density at radius 3 is 2.52 bits per heavy atom. The molecule has 0 radical (unpaired) electrons. The van der Waals surface area contributed by atoms with Crippen LogP contribution in [0, 0.1) is 11.6 Å². The maximum atomic E-state index is 13.4. The highest BCUT2D eigenvalue weighted by molar-refractivity contribution is 7.09. The summed E-state index contributed by atoms with van der Waals surface area (Å²) in [6, 6.07) is 3.17. The highest BCUT2D eigenvalue weighted by atomic mass is 32.1. The number of thiazole rings is 1. The Bertz CT molecular complexity index is 668. The average Bonchev–Trinajstić information content (AvgIpc) is 2.87. The van der Waals surface area contributed by atoms with Crippen molar-refractivity contribution in [3.8, 4) is 0 Å². The SMILES string of the molecule is O=C(O)c1csc(CCNC(=O)c2c(F)cccc2F)n1. The van der Waals surface area contributed by atoms with Crippen LogP contribution in [0.15, 0.2) is 23.6 Å². The van der Waals surface area contributed by atoms with Gasteiger partial charge in [0.05, 0.1) is 5.01 Å². The second-order valence-electron chi connectivity index (χ2n) is 4.03. The number of carboxylic acids is 1. The molecule has 0 saturated carbocycles.